The number of benzene rings is 2. The number of carbonyl (C=O) groups excluding carboxylic acids is 4. The molecule has 6 N–H and O–H groups in total. The first-order valence-corrected chi connectivity index (χ1v) is 20.1. The highest BCUT2D eigenvalue weighted by molar-refractivity contribution is 7.89. The zero-order chi connectivity index (χ0) is 41.7. The first kappa shape index (κ1) is 44.1. The summed E-state index contributed by atoms with van der Waals surface area (Å²) < 4.78 is 55.7. The second-order valence-electron chi connectivity index (χ2n) is 16.6. The van der Waals surface area contributed by atoms with Crippen LogP contribution in [0.2, 0.25) is 0 Å². The van der Waals surface area contributed by atoms with Crippen LogP contribution in [0.25, 0.3) is 0 Å². The van der Waals surface area contributed by atoms with Crippen LogP contribution in [-0.2, 0) is 30.8 Å². The summed E-state index contributed by atoms with van der Waals surface area (Å²) in [5.74, 6) is -3.88. The van der Waals surface area contributed by atoms with Gasteiger partial charge in [0, 0.05) is 32.1 Å². The second-order valence-corrected chi connectivity index (χ2v) is 18.3. The van der Waals surface area contributed by atoms with Gasteiger partial charge in [0.15, 0.2) is 0 Å². The van der Waals surface area contributed by atoms with E-state index in [0.29, 0.717) is 5.56 Å². The van der Waals surface area contributed by atoms with Gasteiger partial charge in [-0.1, -0.05) is 78.8 Å². The van der Waals surface area contributed by atoms with Crippen LogP contribution in [0.4, 0.5) is 13.6 Å². The molecule has 1 heterocycles. The molecular formula is C39H54F2N6O8S. The molecule has 0 bridgehead atoms. The van der Waals surface area contributed by atoms with E-state index in [0.717, 1.165) is 0 Å². The summed E-state index contributed by atoms with van der Waals surface area (Å²) in [7, 11) is -3.87. The molecule has 6 atom stereocenters. The molecule has 2 fully saturated rings. The number of carbonyl (C=O) groups is 5. The maximum atomic E-state index is 14.4. The third kappa shape index (κ3) is 10.8. The van der Waals surface area contributed by atoms with Crippen LogP contribution in [0.5, 0.6) is 0 Å². The summed E-state index contributed by atoms with van der Waals surface area (Å²) in [6.45, 7) is 12.8. The topological polar surface area (TPSA) is 203 Å². The van der Waals surface area contributed by atoms with Crippen LogP contribution in [0.1, 0.15) is 70.8 Å². The van der Waals surface area contributed by atoms with Gasteiger partial charge in [-0.2, -0.15) is 0 Å². The standard InChI is InChI=1S/C39H54F2N6O8S/c1-22(2)28(20-43-56(54,55)25-11-9-8-10-12-25)45-37(53)46-32(38(3,4)5)35(50)47-21-26-30(39(26,6)7)31(47)34(49)44-27(19-29(40)41)33(48)42-18-17-23-13-15-24(16-14-23)36(51)52/h8-16,22,26-32,43H,17-21H2,1-7H3,(H,42,48)(H,44,49)(H,51,52)(H2,45,46,53)/t26?,27-,28+,30?,31-,32+/m0/s1. The van der Waals surface area contributed by atoms with Crippen LogP contribution in [0, 0.1) is 28.6 Å². The molecule has 1 aliphatic heterocycles. The Kier molecular flexibility index (Phi) is 13.9. The molecule has 2 aliphatic rings. The van der Waals surface area contributed by atoms with Gasteiger partial charge in [-0.15, -0.1) is 0 Å². The number of aromatic carboxylic acids is 1. The Hall–Kier alpha value is -4.64. The van der Waals surface area contributed by atoms with Crippen molar-refractivity contribution >= 4 is 39.7 Å². The van der Waals surface area contributed by atoms with Gasteiger partial charge in [0.05, 0.1) is 10.5 Å². The van der Waals surface area contributed by atoms with Crippen molar-refractivity contribution in [2.75, 3.05) is 19.6 Å². The fourth-order valence-electron chi connectivity index (χ4n) is 7.24. The first-order valence-electron chi connectivity index (χ1n) is 18.6. The molecule has 308 valence electrons. The number of hydrogen-bond donors (Lipinski definition) is 6. The van der Waals surface area contributed by atoms with Crippen molar-refractivity contribution in [2.45, 2.75) is 96.8 Å². The van der Waals surface area contributed by atoms with Crippen molar-refractivity contribution in [2.24, 2.45) is 28.6 Å². The third-order valence-corrected chi connectivity index (χ3v) is 12.2. The van der Waals surface area contributed by atoms with Crippen molar-refractivity contribution in [1.82, 2.24) is 30.9 Å². The van der Waals surface area contributed by atoms with E-state index in [1.54, 1.807) is 65.0 Å². The number of fused-ring (bicyclic) bond motifs is 1. The van der Waals surface area contributed by atoms with Crippen LogP contribution in [-0.4, -0.2) is 98.4 Å². The Morgan fingerprint density at radius 1 is 0.946 bits per heavy atom. The summed E-state index contributed by atoms with van der Waals surface area (Å²) in [4.78, 5) is 67.5. The molecular weight excluding hydrogens is 751 g/mol. The van der Waals surface area contributed by atoms with Crippen molar-refractivity contribution in [3.05, 3.63) is 65.7 Å². The molecule has 2 unspecified atom stereocenters. The minimum atomic E-state index is -3.87. The number of piperidine rings is 1. The smallest absolute Gasteiger partial charge is 0.335 e. The third-order valence-electron chi connectivity index (χ3n) is 10.8. The molecule has 0 aromatic heterocycles. The minimum absolute atomic E-state index is 0.0319. The lowest BCUT2D eigenvalue weighted by atomic mass is 9.85. The average molecular weight is 805 g/mol. The number of likely N-dealkylation sites (tertiary alicyclic amines) is 1. The fourth-order valence-corrected chi connectivity index (χ4v) is 8.32. The normalized spacial score (nSPS) is 20.4. The van der Waals surface area contributed by atoms with Gasteiger partial charge in [-0.25, -0.2) is 31.5 Å². The first-order chi connectivity index (χ1) is 26.0. The lowest BCUT2D eigenvalue weighted by Crippen LogP contribution is -2.62. The predicted octanol–water partition coefficient (Wildman–Crippen LogP) is 3.38. The van der Waals surface area contributed by atoms with E-state index in [1.807, 2.05) is 13.8 Å². The molecule has 5 amide bonds. The SMILES string of the molecule is CC(C)[C@@H](CNS(=O)(=O)c1ccccc1)NC(=O)N[C@H](C(=O)N1CC2C([C@H]1C(=O)N[C@@H](CC(F)F)C(=O)NCCc1ccc(C(=O)O)cc1)C2(C)C)C(C)(C)C. The lowest BCUT2D eigenvalue weighted by molar-refractivity contribution is -0.144. The molecule has 1 aliphatic carbocycles. The van der Waals surface area contributed by atoms with E-state index in [9.17, 15) is 41.2 Å². The number of carboxylic acids is 1. The van der Waals surface area contributed by atoms with Crippen molar-refractivity contribution in [3.8, 4) is 0 Å². The van der Waals surface area contributed by atoms with E-state index in [-0.39, 0.29) is 59.7 Å². The van der Waals surface area contributed by atoms with Gasteiger partial charge in [-0.05, 0) is 64.8 Å². The number of nitrogens with one attached hydrogen (secondary N) is 5. The summed E-state index contributed by atoms with van der Waals surface area (Å²) >= 11 is 0. The number of urea groups is 1. The van der Waals surface area contributed by atoms with E-state index < -0.39 is 82.2 Å². The molecule has 1 saturated heterocycles. The van der Waals surface area contributed by atoms with Crippen molar-refractivity contribution < 1.29 is 46.3 Å². The van der Waals surface area contributed by atoms with Crippen LogP contribution in [0.15, 0.2) is 59.5 Å². The quantitative estimate of drug-likeness (QED) is 0.140. The highest BCUT2D eigenvalue weighted by atomic mass is 32.2. The number of amides is 5. The van der Waals surface area contributed by atoms with Crippen LogP contribution >= 0.6 is 0 Å². The van der Waals surface area contributed by atoms with E-state index in [4.69, 9.17) is 5.11 Å². The molecule has 56 heavy (non-hydrogen) atoms. The Bertz CT molecular complexity index is 1850. The van der Waals surface area contributed by atoms with E-state index >= 15 is 0 Å². The van der Waals surface area contributed by atoms with Crippen molar-refractivity contribution in [1.29, 1.82) is 0 Å². The summed E-state index contributed by atoms with van der Waals surface area (Å²) in [6.07, 6.45) is -3.62. The lowest BCUT2D eigenvalue weighted by Gasteiger charge is -2.38. The fraction of sp³-hybridized carbons (Fsp3) is 0.564. The number of alkyl halides is 2. The van der Waals surface area contributed by atoms with Crippen LogP contribution < -0.4 is 26.0 Å². The van der Waals surface area contributed by atoms with E-state index in [2.05, 4.69) is 26.0 Å². The number of rotatable bonds is 17. The molecule has 17 heteroatoms. The van der Waals surface area contributed by atoms with Gasteiger partial charge >= 0.3 is 12.0 Å². The van der Waals surface area contributed by atoms with E-state index in [1.165, 1.54) is 29.2 Å². The van der Waals surface area contributed by atoms with Gasteiger partial charge in [0.1, 0.15) is 18.1 Å². The number of nitrogens with zero attached hydrogens (tertiary/aromatic N) is 1. The van der Waals surface area contributed by atoms with Gasteiger partial charge in [-0.3, -0.25) is 14.4 Å². The number of hydrogen-bond acceptors (Lipinski definition) is 7. The van der Waals surface area contributed by atoms with Gasteiger partial charge in [0.25, 0.3) is 0 Å². The summed E-state index contributed by atoms with van der Waals surface area (Å²) in [5.41, 5.74) is -0.427. The molecule has 14 nitrogen and oxygen atoms in total. The summed E-state index contributed by atoms with van der Waals surface area (Å²) in [6, 6.07) is 8.50. The minimum Gasteiger partial charge on any atom is -0.478 e. The second kappa shape index (κ2) is 17.7. The molecule has 2 aromatic rings. The number of halogens is 2. The largest absolute Gasteiger partial charge is 0.478 e. The van der Waals surface area contributed by atoms with Gasteiger partial charge < -0.3 is 31.3 Å². The summed E-state index contributed by atoms with van der Waals surface area (Å²) in [5, 5.41) is 19.7. The Balaban J connectivity index is 1.45. The highest BCUT2D eigenvalue weighted by Crippen LogP contribution is 2.65. The van der Waals surface area contributed by atoms with Crippen LogP contribution in [0.3, 0.4) is 0 Å². The van der Waals surface area contributed by atoms with Crippen molar-refractivity contribution in [3.63, 3.8) is 0 Å². The number of carboxylic acid groups (broad SMARTS) is 1. The average Bonchev–Trinajstić information content (AvgIpc) is 3.41. The Morgan fingerprint density at radius 3 is 2.12 bits per heavy atom. The zero-order valence-corrected chi connectivity index (χ0v) is 33.6. The molecule has 0 radical (unpaired) electrons. The molecule has 1 saturated carbocycles. The number of sulfonamides is 1. The highest BCUT2D eigenvalue weighted by Gasteiger charge is 2.70. The Labute approximate surface area is 327 Å². The molecule has 2 aromatic carbocycles. The van der Waals surface area contributed by atoms with Gasteiger partial charge in [0.2, 0.25) is 34.2 Å². The maximum Gasteiger partial charge on any atom is 0.335 e. The maximum absolute atomic E-state index is 14.4. The monoisotopic (exact) mass is 804 g/mol. The Morgan fingerprint density at radius 2 is 1.57 bits per heavy atom. The predicted molar refractivity (Wildman–Crippen MR) is 204 cm³/mol. The molecule has 4 rings (SSSR count). The molecule has 0 spiro atoms. The zero-order valence-electron chi connectivity index (χ0n) is 32.8.